The van der Waals surface area contributed by atoms with E-state index < -0.39 is 54.1 Å². The van der Waals surface area contributed by atoms with Gasteiger partial charge in [-0.05, 0) is 38.3 Å². The van der Waals surface area contributed by atoms with Crippen molar-refractivity contribution in [1.82, 2.24) is 9.97 Å². The highest BCUT2D eigenvalue weighted by Crippen LogP contribution is 2.01. The van der Waals surface area contributed by atoms with Crippen LogP contribution >= 0.6 is 0 Å². The van der Waals surface area contributed by atoms with Crippen LogP contribution in [-0.2, 0) is 32.0 Å². The molecular formula is C25H43N7O9. The van der Waals surface area contributed by atoms with Crippen molar-refractivity contribution in [3.63, 3.8) is 0 Å². The van der Waals surface area contributed by atoms with Crippen LogP contribution in [0.3, 0.4) is 0 Å². The van der Waals surface area contributed by atoms with E-state index in [4.69, 9.17) is 54.2 Å². The summed E-state index contributed by atoms with van der Waals surface area (Å²) in [5, 5.41) is 41.8. The van der Waals surface area contributed by atoms with Crippen molar-refractivity contribution in [2.45, 2.75) is 69.3 Å². The van der Waals surface area contributed by atoms with Crippen molar-refractivity contribution in [2.24, 2.45) is 28.7 Å². The number of aliphatic carboxylic acids is 4. The van der Waals surface area contributed by atoms with Gasteiger partial charge in [0.25, 0.3) is 0 Å². The number of benzene rings is 1. The molecule has 16 N–H and O–H groups in total. The quantitative estimate of drug-likeness (QED) is 0.117. The molecule has 2 aromatic rings. The highest BCUT2D eigenvalue weighted by Gasteiger charge is 2.16. The van der Waals surface area contributed by atoms with Gasteiger partial charge < -0.3 is 59.2 Å². The third-order valence-electron chi connectivity index (χ3n) is 5.02. The smallest absolute Gasteiger partial charge is 0.323 e. The van der Waals surface area contributed by atoms with Crippen LogP contribution in [0.2, 0.25) is 0 Å². The molecule has 16 heteroatoms. The lowest BCUT2D eigenvalue weighted by molar-refractivity contribution is -0.141. The van der Waals surface area contributed by atoms with E-state index in [0.717, 1.165) is 24.1 Å². The van der Waals surface area contributed by atoms with Gasteiger partial charge in [0.05, 0.1) is 12.4 Å². The number of nitrogens with one attached hydrogen (secondary N) is 1. The van der Waals surface area contributed by atoms with E-state index in [1.807, 2.05) is 30.3 Å². The predicted molar refractivity (Wildman–Crippen MR) is 149 cm³/mol. The maximum atomic E-state index is 10.4. The Morgan fingerprint density at radius 2 is 1.32 bits per heavy atom. The standard InChI is InChI=1S/C9H11NO2.C6H9N3O2.C6H14N2O2.C4H9NO3/c10-8(9(11)12)6-7-4-2-1-3-5-7;7-5(6(10)11)1-4-2-8-3-9-4;7-4-2-1-3-5(8)6(9)10;1-2(6)3(5)4(7)8/h1-5,8H,6,10H2,(H,11,12);2-3,5H,1,7H2,(H,8,9)(H,10,11);5H,1-4,7-8H2,(H,9,10);2-3,6H,5H2,1H3,(H,7,8). The van der Waals surface area contributed by atoms with Gasteiger partial charge in [0.1, 0.15) is 24.2 Å². The van der Waals surface area contributed by atoms with E-state index in [-0.39, 0.29) is 6.42 Å². The van der Waals surface area contributed by atoms with Crippen molar-refractivity contribution >= 4 is 23.9 Å². The molecule has 0 amide bonds. The van der Waals surface area contributed by atoms with Gasteiger partial charge in [-0.25, -0.2) is 4.98 Å². The molecule has 0 spiro atoms. The average Bonchev–Trinajstić information content (AvgIpc) is 3.42. The van der Waals surface area contributed by atoms with Gasteiger partial charge in [-0.15, -0.1) is 0 Å². The Kier molecular flexibility index (Phi) is 21.8. The second-order valence-corrected chi connectivity index (χ2v) is 8.69. The van der Waals surface area contributed by atoms with E-state index in [0.29, 0.717) is 19.4 Å². The summed E-state index contributed by atoms with van der Waals surface area (Å²) in [6.07, 6.45) is 4.91. The molecule has 16 nitrogen and oxygen atoms in total. The van der Waals surface area contributed by atoms with Gasteiger partial charge >= 0.3 is 23.9 Å². The number of unbranched alkanes of at least 4 members (excludes halogenated alkanes) is 1. The number of aliphatic hydroxyl groups is 1. The number of carboxylic acids is 4. The molecule has 0 fully saturated rings. The van der Waals surface area contributed by atoms with Crippen LogP contribution in [-0.4, -0.2) is 96.2 Å². The number of H-pyrrole nitrogens is 1. The molecule has 41 heavy (non-hydrogen) atoms. The molecule has 1 heterocycles. The monoisotopic (exact) mass is 585 g/mol. The fourth-order valence-corrected chi connectivity index (χ4v) is 2.51. The maximum absolute atomic E-state index is 10.4. The molecule has 2 rings (SSSR count). The van der Waals surface area contributed by atoms with Crippen LogP contribution < -0.4 is 28.7 Å². The van der Waals surface area contributed by atoms with Crippen LogP contribution in [0.25, 0.3) is 0 Å². The molecule has 0 radical (unpaired) electrons. The van der Waals surface area contributed by atoms with E-state index in [1.165, 1.54) is 13.3 Å². The summed E-state index contributed by atoms with van der Waals surface area (Å²) in [7, 11) is 0. The molecule has 1 aromatic heterocycles. The second-order valence-electron chi connectivity index (χ2n) is 8.69. The van der Waals surface area contributed by atoms with Crippen molar-refractivity contribution in [3.8, 4) is 0 Å². The molecule has 0 saturated carbocycles. The zero-order chi connectivity index (χ0) is 32.0. The number of nitrogens with zero attached hydrogens (tertiary/aromatic N) is 1. The SMILES string of the molecule is CC(O)C(N)C(=O)O.NC(Cc1ccccc1)C(=O)O.NC(Cc1cnc[nH]1)C(=O)O.NCCCCC(N)C(=O)O. The summed E-state index contributed by atoms with van der Waals surface area (Å²) < 4.78 is 0. The first kappa shape index (κ1) is 39.2. The number of nitrogens with two attached hydrogens (primary N) is 5. The van der Waals surface area contributed by atoms with Crippen molar-refractivity contribution in [2.75, 3.05) is 6.54 Å². The Morgan fingerprint density at radius 1 is 0.805 bits per heavy atom. The number of rotatable bonds is 13. The van der Waals surface area contributed by atoms with Gasteiger partial charge in [0.2, 0.25) is 0 Å². The van der Waals surface area contributed by atoms with Gasteiger partial charge in [-0.3, -0.25) is 19.2 Å². The zero-order valence-corrected chi connectivity index (χ0v) is 22.9. The van der Waals surface area contributed by atoms with Gasteiger partial charge in [0.15, 0.2) is 0 Å². The van der Waals surface area contributed by atoms with Crippen LogP contribution in [0.5, 0.6) is 0 Å². The van der Waals surface area contributed by atoms with Gasteiger partial charge in [-0.2, -0.15) is 0 Å². The highest BCUT2D eigenvalue weighted by atomic mass is 16.4. The first-order chi connectivity index (χ1) is 19.1. The number of imidazole rings is 1. The Bertz CT molecular complexity index is 993. The molecule has 5 unspecified atom stereocenters. The number of aromatic amines is 1. The molecule has 0 bridgehead atoms. The summed E-state index contributed by atoms with van der Waals surface area (Å²) in [6.45, 7) is 1.94. The lowest BCUT2D eigenvalue weighted by atomic mass is 10.1. The van der Waals surface area contributed by atoms with Crippen molar-refractivity contribution < 1.29 is 44.7 Å². The Balaban J connectivity index is 0. The minimum atomic E-state index is -1.18. The van der Waals surface area contributed by atoms with E-state index in [9.17, 15) is 19.2 Å². The summed E-state index contributed by atoms with van der Waals surface area (Å²) in [5.41, 5.74) is 27.6. The first-order valence-electron chi connectivity index (χ1n) is 12.5. The summed E-state index contributed by atoms with van der Waals surface area (Å²) in [4.78, 5) is 47.1. The molecular weight excluding hydrogens is 542 g/mol. The van der Waals surface area contributed by atoms with E-state index in [2.05, 4.69) is 9.97 Å². The molecule has 0 aliphatic carbocycles. The van der Waals surface area contributed by atoms with Crippen LogP contribution in [0, 0.1) is 0 Å². The lowest BCUT2D eigenvalue weighted by Gasteiger charge is -2.06. The van der Waals surface area contributed by atoms with Gasteiger partial charge in [0, 0.05) is 18.3 Å². The first-order valence-corrected chi connectivity index (χ1v) is 12.5. The number of carbonyl (C=O) groups is 4. The van der Waals surface area contributed by atoms with Gasteiger partial charge in [-0.1, -0.05) is 36.8 Å². The van der Waals surface area contributed by atoms with Crippen LogP contribution in [0.15, 0.2) is 42.9 Å². The molecule has 0 aliphatic rings. The van der Waals surface area contributed by atoms with Crippen molar-refractivity contribution in [1.29, 1.82) is 0 Å². The normalized spacial score (nSPS) is 13.6. The molecule has 1 aromatic carbocycles. The lowest BCUT2D eigenvalue weighted by Crippen LogP contribution is -2.39. The van der Waals surface area contributed by atoms with E-state index in [1.54, 1.807) is 6.20 Å². The third kappa shape index (κ3) is 21.6. The summed E-state index contributed by atoms with van der Waals surface area (Å²) >= 11 is 0. The van der Waals surface area contributed by atoms with Crippen LogP contribution in [0.1, 0.15) is 37.4 Å². The highest BCUT2D eigenvalue weighted by molar-refractivity contribution is 5.74. The Morgan fingerprint density at radius 3 is 1.68 bits per heavy atom. The fourth-order valence-electron chi connectivity index (χ4n) is 2.51. The van der Waals surface area contributed by atoms with Crippen LogP contribution in [0.4, 0.5) is 0 Å². The Labute approximate surface area is 237 Å². The summed E-state index contributed by atoms with van der Waals surface area (Å²) in [6, 6.07) is 5.82. The summed E-state index contributed by atoms with van der Waals surface area (Å²) in [5.74, 6) is -4.07. The molecule has 5 atom stereocenters. The molecule has 232 valence electrons. The average molecular weight is 586 g/mol. The van der Waals surface area contributed by atoms with E-state index >= 15 is 0 Å². The Hall–Kier alpha value is -3.93. The minimum absolute atomic E-state index is 0.287. The fraction of sp³-hybridized carbons (Fsp3) is 0.480. The number of aromatic nitrogens is 2. The number of carboxylic acid groups (broad SMARTS) is 4. The molecule has 0 aliphatic heterocycles. The molecule has 0 saturated heterocycles. The zero-order valence-electron chi connectivity index (χ0n) is 22.9. The number of hydrogen-bond donors (Lipinski definition) is 11. The second kappa shape index (κ2) is 22.8. The maximum Gasteiger partial charge on any atom is 0.323 e. The number of hydrogen-bond acceptors (Lipinski definition) is 11. The topological polar surface area (TPSA) is 328 Å². The minimum Gasteiger partial charge on any atom is -0.480 e. The van der Waals surface area contributed by atoms with Crippen molar-refractivity contribution in [3.05, 3.63) is 54.1 Å². The number of aliphatic hydroxyl groups excluding tert-OH is 1. The predicted octanol–water partition coefficient (Wildman–Crippen LogP) is -1.69. The largest absolute Gasteiger partial charge is 0.480 e. The third-order valence-corrected chi connectivity index (χ3v) is 5.02.